The van der Waals surface area contributed by atoms with E-state index >= 15 is 0 Å². The zero-order valence-corrected chi connectivity index (χ0v) is 13.8. The fourth-order valence-corrected chi connectivity index (χ4v) is 3.67. The molecule has 0 unspecified atom stereocenters. The molecule has 1 aliphatic carbocycles. The number of carbonyl (C=O) groups is 1. The molecule has 0 heterocycles. The summed E-state index contributed by atoms with van der Waals surface area (Å²) in [5.74, 6) is -0.691. The number of amides is 1. The average molecular weight is 358 g/mol. The summed E-state index contributed by atoms with van der Waals surface area (Å²) >= 11 is 3.57. The van der Waals surface area contributed by atoms with Gasteiger partial charge in [0, 0.05) is 11.9 Å². The smallest absolute Gasteiger partial charge is 0.258 e. The van der Waals surface area contributed by atoms with Crippen molar-refractivity contribution in [1.82, 2.24) is 5.32 Å². The number of benzene rings is 1. The van der Waals surface area contributed by atoms with Crippen LogP contribution in [0.3, 0.4) is 0 Å². The first kappa shape index (κ1) is 16.3. The molecule has 0 bridgehead atoms. The monoisotopic (exact) mass is 357 g/mol. The minimum Gasteiger partial charge on any atom is -0.496 e. The van der Waals surface area contributed by atoms with Gasteiger partial charge in [0.2, 0.25) is 0 Å². The van der Waals surface area contributed by atoms with Gasteiger partial charge in [-0.05, 0) is 30.4 Å². The van der Waals surface area contributed by atoms with E-state index in [1.807, 2.05) is 0 Å². The van der Waals surface area contributed by atoms with E-state index in [-0.39, 0.29) is 16.7 Å². The van der Waals surface area contributed by atoms with Gasteiger partial charge < -0.3 is 10.1 Å². The molecule has 1 aromatic carbocycles. The molecule has 3 nitrogen and oxygen atoms in total. The van der Waals surface area contributed by atoms with Crippen LogP contribution in [0.25, 0.3) is 0 Å². The van der Waals surface area contributed by atoms with Crippen LogP contribution in [0.1, 0.15) is 42.5 Å². The normalized spacial score (nSPS) is 17.3. The van der Waals surface area contributed by atoms with Crippen LogP contribution < -0.4 is 10.1 Å². The summed E-state index contributed by atoms with van der Waals surface area (Å²) in [6, 6.07) is 4.41. The molecule has 0 saturated heterocycles. The Balaban J connectivity index is 2.08. The molecule has 5 heteroatoms. The fraction of sp³-hybridized carbons (Fsp3) is 0.562. The predicted molar refractivity (Wildman–Crippen MR) is 84.6 cm³/mol. The first-order chi connectivity index (χ1) is 10.1. The van der Waals surface area contributed by atoms with Gasteiger partial charge in [0.1, 0.15) is 17.1 Å². The van der Waals surface area contributed by atoms with Crippen LogP contribution >= 0.6 is 15.9 Å². The van der Waals surface area contributed by atoms with Crippen molar-refractivity contribution in [3.8, 4) is 5.75 Å². The maximum absolute atomic E-state index is 13.9. The lowest BCUT2D eigenvalue weighted by Gasteiger charge is -2.35. The molecular weight excluding hydrogens is 337 g/mol. The van der Waals surface area contributed by atoms with Crippen molar-refractivity contribution in [2.75, 3.05) is 19.0 Å². The second kappa shape index (κ2) is 7.25. The van der Waals surface area contributed by atoms with Crippen molar-refractivity contribution in [1.29, 1.82) is 0 Å². The molecule has 1 fully saturated rings. The van der Waals surface area contributed by atoms with E-state index in [2.05, 4.69) is 21.2 Å². The molecule has 0 radical (unpaired) electrons. The summed E-state index contributed by atoms with van der Waals surface area (Å²) in [7, 11) is 1.44. The highest BCUT2D eigenvalue weighted by atomic mass is 79.9. The molecule has 0 aromatic heterocycles. The fourth-order valence-electron chi connectivity index (χ4n) is 2.91. The summed E-state index contributed by atoms with van der Waals surface area (Å²) in [5.41, 5.74) is 0.0763. The van der Waals surface area contributed by atoms with E-state index < -0.39 is 11.7 Å². The van der Waals surface area contributed by atoms with Gasteiger partial charge in [-0.15, -0.1) is 0 Å². The standard InChI is InChI=1S/C16H21BrFNO2/c1-21-13-7-5-6-12(18)14(13)15(20)19-11-16(10-17)8-3-2-4-9-16/h5-7H,2-4,8-11H2,1H3,(H,19,20). The van der Waals surface area contributed by atoms with Crippen molar-refractivity contribution in [2.45, 2.75) is 32.1 Å². The second-order valence-corrected chi connectivity index (χ2v) is 6.25. The molecular formula is C16H21BrFNO2. The average Bonchev–Trinajstić information content (AvgIpc) is 2.53. The van der Waals surface area contributed by atoms with Crippen LogP contribution in [-0.4, -0.2) is 24.9 Å². The molecule has 1 aromatic rings. The minimum absolute atomic E-state index is 0.0134. The van der Waals surface area contributed by atoms with Crippen molar-refractivity contribution < 1.29 is 13.9 Å². The van der Waals surface area contributed by atoms with Gasteiger partial charge in [0.25, 0.3) is 5.91 Å². The topological polar surface area (TPSA) is 38.3 Å². The Morgan fingerprint density at radius 3 is 2.71 bits per heavy atom. The molecule has 2 rings (SSSR count). The largest absolute Gasteiger partial charge is 0.496 e. The number of methoxy groups -OCH3 is 1. The molecule has 0 aliphatic heterocycles. The van der Waals surface area contributed by atoms with Crippen LogP contribution in [-0.2, 0) is 0 Å². The van der Waals surface area contributed by atoms with Gasteiger partial charge in [-0.2, -0.15) is 0 Å². The highest BCUT2D eigenvalue weighted by molar-refractivity contribution is 9.09. The van der Waals surface area contributed by atoms with Crippen LogP contribution in [0.15, 0.2) is 18.2 Å². The zero-order valence-electron chi connectivity index (χ0n) is 12.3. The van der Waals surface area contributed by atoms with Crippen LogP contribution in [0, 0.1) is 11.2 Å². The Morgan fingerprint density at radius 2 is 2.10 bits per heavy atom. The summed E-state index contributed by atoms with van der Waals surface area (Å²) in [6.45, 7) is 0.564. The van der Waals surface area contributed by atoms with Crippen molar-refractivity contribution in [2.24, 2.45) is 5.41 Å². The Hall–Kier alpha value is -1.10. The highest BCUT2D eigenvalue weighted by Gasteiger charge is 2.32. The summed E-state index contributed by atoms with van der Waals surface area (Å²) < 4.78 is 19.0. The first-order valence-corrected chi connectivity index (χ1v) is 8.41. The predicted octanol–water partition coefficient (Wildman–Crippen LogP) is 3.91. The number of carbonyl (C=O) groups excluding carboxylic acids is 1. The van der Waals surface area contributed by atoms with Gasteiger partial charge in [-0.25, -0.2) is 4.39 Å². The number of rotatable bonds is 5. The third-order valence-corrected chi connectivity index (χ3v) is 5.43. The van der Waals surface area contributed by atoms with Gasteiger partial charge in [-0.3, -0.25) is 4.79 Å². The van der Waals surface area contributed by atoms with E-state index in [0.29, 0.717) is 6.54 Å². The zero-order chi connectivity index (χ0) is 15.3. The molecule has 1 N–H and O–H groups in total. The lowest BCUT2D eigenvalue weighted by molar-refractivity contribution is 0.0914. The van der Waals surface area contributed by atoms with E-state index in [4.69, 9.17) is 4.74 Å². The molecule has 0 spiro atoms. The molecule has 21 heavy (non-hydrogen) atoms. The third kappa shape index (κ3) is 3.76. The Labute approximate surface area is 133 Å². The maximum Gasteiger partial charge on any atom is 0.258 e. The SMILES string of the molecule is COc1cccc(F)c1C(=O)NCC1(CBr)CCCCC1. The highest BCUT2D eigenvalue weighted by Crippen LogP contribution is 2.37. The minimum atomic E-state index is -0.552. The molecule has 116 valence electrons. The lowest BCUT2D eigenvalue weighted by Crippen LogP contribution is -2.40. The van der Waals surface area contributed by atoms with Crippen LogP contribution in [0.5, 0.6) is 5.75 Å². The first-order valence-electron chi connectivity index (χ1n) is 7.28. The van der Waals surface area contributed by atoms with Crippen LogP contribution in [0.4, 0.5) is 4.39 Å². The Morgan fingerprint density at radius 1 is 1.38 bits per heavy atom. The van der Waals surface area contributed by atoms with E-state index in [0.717, 1.165) is 18.2 Å². The Kier molecular flexibility index (Phi) is 5.62. The molecule has 1 amide bonds. The van der Waals surface area contributed by atoms with Crippen molar-refractivity contribution in [3.05, 3.63) is 29.6 Å². The van der Waals surface area contributed by atoms with Crippen molar-refractivity contribution >= 4 is 21.8 Å². The van der Waals surface area contributed by atoms with E-state index in [1.54, 1.807) is 6.07 Å². The van der Waals surface area contributed by atoms with Gasteiger partial charge >= 0.3 is 0 Å². The second-order valence-electron chi connectivity index (χ2n) is 5.69. The van der Waals surface area contributed by atoms with Crippen molar-refractivity contribution in [3.63, 3.8) is 0 Å². The number of nitrogens with one attached hydrogen (secondary N) is 1. The lowest BCUT2D eigenvalue weighted by atomic mass is 9.75. The number of hydrogen-bond acceptors (Lipinski definition) is 2. The van der Waals surface area contributed by atoms with Gasteiger partial charge in [-0.1, -0.05) is 41.3 Å². The number of hydrogen-bond donors (Lipinski definition) is 1. The number of halogens is 2. The summed E-state index contributed by atoms with van der Waals surface area (Å²) in [4.78, 5) is 12.3. The number of alkyl halides is 1. The van der Waals surface area contributed by atoms with E-state index in [9.17, 15) is 9.18 Å². The summed E-state index contributed by atoms with van der Waals surface area (Å²) in [6.07, 6.45) is 5.80. The molecule has 1 aliphatic rings. The number of ether oxygens (including phenoxy) is 1. The van der Waals surface area contributed by atoms with Crippen LogP contribution in [0.2, 0.25) is 0 Å². The molecule has 1 saturated carbocycles. The Bertz CT molecular complexity index is 501. The maximum atomic E-state index is 13.9. The van der Waals surface area contributed by atoms with Gasteiger partial charge in [0.15, 0.2) is 0 Å². The molecule has 0 atom stereocenters. The van der Waals surface area contributed by atoms with Gasteiger partial charge in [0.05, 0.1) is 7.11 Å². The quantitative estimate of drug-likeness (QED) is 0.811. The third-order valence-electron chi connectivity index (χ3n) is 4.24. The summed E-state index contributed by atoms with van der Waals surface area (Å²) in [5, 5.41) is 3.74. The van der Waals surface area contributed by atoms with E-state index in [1.165, 1.54) is 38.5 Å².